The van der Waals surface area contributed by atoms with E-state index in [0.717, 1.165) is 33.4 Å². The molecule has 0 saturated heterocycles. The van der Waals surface area contributed by atoms with Crippen molar-refractivity contribution in [3.8, 4) is 0 Å². The monoisotopic (exact) mass is 483 g/mol. The Morgan fingerprint density at radius 1 is 1.03 bits per heavy atom. The summed E-state index contributed by atoms with van der Waals surface area (Å²) in [5.74, 6) is 0.283. The fourth-order valence-electron chi connectivity index (χ4n) is 3.96. The molecule has 0 aliphatic heterocycles. The Bertz CT molecular complexity index is 1530. The molecule has 0 atom stereocenters. The Morgan fingerprint density at radius 3 is 2.74 bits per heavy atom. The van der Waals surface area contributed by atoms with Crippen molar-refractivity contribution in [2.45, 2.75) is 13.1 Å². The molecule has 4 N–H and O–H groups in total. The van der Waals surface area contributed by atoms with Crippen LogP contribution in [0.4, 0.5) is 17.3 Å². The zero-order chi connectivity index (χ0) is 24.4. The number of anilines is 3. The molecule has 1 amide bonds. The number of amides is 1. The maximum absolute atomic E-state index is 12.9. The molecule has 0 spiro atoms. The lowest BCUT2D eigenvalue weighted by molar-refractivity contribution is 0.101. The van der Waals surface area contributed by atoms with Crippen molar-refractivity contribution in [3.63, 3.8) is 0 Å². The van der Waals surface area contributed by atoms with E-state index < -0.39 is 5.91 Å². The normalized spacial score (nSPS) is 11.3. The van der Waals surface area contributed by atoms with E-state index in [1.807, 2.05) is 68.0 Å². The first-order valence-corrected chi connectivity index (χ1v) is 12.0. The van der Waals surface area contributed by atoms with Crippen LogP contribution in [0, 0.1) is 0 Å². The molecule has 5 rings (SSSR count). The average Bonchev–Trinajstić information content (AvgIpc) is 3.32. The molecular formula is C26H25N7OS. The first-order valence-electron chi connectivity index (χ1n) is 11.1. The molecule has 0 radical (unpaired) electrons. The van der Waals surface area contributed by atoms with Gasteiger partial charge in [-0.25, -0.2) is 15.0 Å². The summed E-state index contributed by atoms with van der Waals surface area (Å²) in [6.07, 6.45) is 0. The Kier molecular flexibility index (Phi) is 6.26. The Labute approximate surface area is 206 Å². The van der Waals surface area contributed by atoms with E-state index >= 15 is 0 Å². The number of rotatable bonds is 7. The van der Waals surface area contributed by atoms with Crippen LogP contribution in [-0.4, -0.2) is 39.9 Å². The number of fused-ring (bicyclic) bond motifs is 2. The molecule has 0 aliphatic carbocycles. The summed E-state index contributed by atoms with van der Waals surface area (Å²) in [5.41, 5.74) is 9.73. The predicted molar refractivity (Wildman–Crippen MR) is 143 cm³/mol. The number of nitrogens with zero attached hydrogens (tertiary/aromatic N) is 4. The molecule has 0 saturated carbocycles. The number of hydrogen-bond acceptors (Lipinski definition) is 8. The van der Waals surface area contributed by atoms with E-state index in [2.05, 4.69) is 37.6 Å². The molecule has 176 valence electrons. The van der Waals surface area contributed by atoms with Gasteiger partial charge in [0.1, 0.15) is 11.6 Å². The van der Waals surface area contributed by atoms with E-state index in [9.17, 15) is 4.79 Å². The lowest BCUT2D eigenvalue weighted by atomic mass is 10.1. The smallest absolute Gasteiger partial charge is 0.294 e. The Balaban J connectivity index is 1.40. The van der Waals surface area contributed by atoms with Gasteiger partial charge in [-0.2, -0.15) is 0 Å². The highest BCUT2D eigenvalue weighted by Gasteiger charge is 2.16. The molecule has 0 fully saturated rings. The van der Waals surface area contributed by atoms with Crippen molar-refractivity contribution < 1.29 is 4.79 Å². The highest BCUT2D eigenvalue weighted by molar-refractivity contribution is 7.17. The molecule has 0 bridgehead atoms. The third-order valence-corrected chi connectivity index (χ3v) is 6.41. The van der Waals surface area contributed by atoms with Crippen LogP contribution in [-0.2, 0) is 13.1 Å². The van der Waals surface area contributed by atoms with Gasteiger partial charge in [-0.1, -0.05) is 36.4 Å². The number of carbonyl (C=O) groups is 1. The van der Waals surface area contributed by atoms with Crippen LogP contribution in [0.15, 0.2) is 66.0 Å². The van der Waals surface area contributed by atoms with E-state index in [1.54, 1.807) is 0 Å². The van der Waals surface area contributed by atoms with Crippen LogP contribution in [0.5, 0.6) is 0 Å². The number of pyridine rings is 1. The van der Waals surface area contributed by atoms with Crippen molar-refractivity contribution >= 4 is 55.6 Å². The van der Waals surface area contributed by atoms with Gasteiger partial charge in [0.15, 0.2) is 0 Å². The third kappa shape index (κ3) is 5.06. The van der Waals surface area contributed by atoms with E-state index in [0.29, 0.717) is 23.7 Å². The van der Waals surface area contributed by atoms with Gasteiger partial charge in [0, 0.05) is 17.6 Å². The zero-order valence-electron chi connectivity index (χ0n) is 19.4. The average molecular weight is 484 g/mol. The highest BCUT2D eigenvalue weighted by atomic mass is 32.1. The van der Waals surface area contributed by atoms with Gasteiger partial charge in [0.2, 0.25) is 5.82 Å². The van der Waals surface area contributed by atoms with Crippen molar-refractivity contribution in [2.75, 3.05) is 30.5 Å². The fourth-order valence-corrected chi connectivity index (χ4v) is 4.69. The van der Waals surface area contributed by atoms with Gasteiger partial charge in [-0.05, 0) is 54.7 Å². The van der Waals surface area contributed by atoms with Gasteiger partial charge in [0.05, 0.1) is 22.5 Å². The predicted octanol–water partition coefficient (Wildman–Crippen LogP) is 4.75. The number of thiophene rings is 1. The molecule has 0 unspecified atom stereocenters. The van der Waals surface area contributed by atoms with Gasteiger partial charge < -0.3 is 21.3 Å². The largest absolute Gasteiger partial charge is 0.382 e. The van der Waals surface area contributed by atoms with E-state index in [-0.39, 0.29) is 5.82 Å². The lowest BCUT2D eigenvalue weighted by Gasteiger charge is -2.14. The topological polar surface area (TPSA) is 109 Å². The number of benzene rings is 2. The van der Waals surface area contributed by atoms with Crippen LogP contribution in [0.25, 0.3) is 21.0 Å². The molecule has 8 nitrogen and oxygen atoms in total. The number of aromatic nitrogens is 3. The highest BCUT2D eigenvalue weighted by Crippen LogP contribution is 2.25. The minimum Gasteiger partial charge on any atom is -0.382 e. The summed E-state index contributed by atoms with van der Waals surface area (Å²) in [6, 6.07) is 20.0. The maximum Gasteiger partial charge on any atom is 0.294 e. The van der Waals surface area contributed by atoms with Crippen LogP contribution in [0.3, 0.4) is 0 Å². The van der Waals surface area contributed by atoms with Gasteiger partial charge in [-0.15, -0.1) is 11.3 Å². The Morgan fingerprint density at radius 2 is 1.89 bits per heavy atom. The minimum atomic E-state index is -0.456. The molecule has 0 aliphatic rings. The molecule has 3 heterocycles. The maximum atomic E-state index is 12.9. The zero-order valence-corrected chi connectivity index (χ0v) is 20.3. The number of hydrogen-bond donors (Lipinski definition) is 3. The second-order valence-electron chi connectivity index (χ2n) is 8.49. The van der Waals surface area contributed by atoms with Crippen molar-refractivity contribution in [2.24, 2.45) is 0 Å². The lowest BCUT2D eigenvalue weighted by Crippen LogP contribution is -2.18. The molecule has 3 aromatic heterocycles. The molecular weight excluding hydrogens is 458 g/mol. The first-order chi connectivity index (χ1) is 17.0. The number of nitrogen functional groups attached to an aromatic ring is 1. The quantitative estimate of drug-likeness (QED) is 0.307. The van der Waals surface area contributed by atoms with Crippen molar-refractivity contribution in [3.05, 3.63) is 83.1 Å². The Hall–Kier alpha value is -4.08. The summed E-state index contributed by atoms with van der Waals surface area (Å²) < 4.78 is 0.772. The van der Waals surface area contributed by atoms with Gasteiger partial charge >= 0.3 is 0 Å². The van der Waals surface area contributed by atoms with Crippen LogP contribution >= 0.6 is 11.3 Å². The van der Waals surface area contributed by atoms with Crippen molar-refractivity contribution in [1.29, 1.82) is 0 Å². The van der Waals surface area contributed by atoms with Crippen LogP contribution < -0.4 is 16.4 Å². The van der Waals surface area contributed by atoms with Crippen molar-refractivity contribution in [1.82, 2.24) is 19.9 Å². The second kappa shape index (κ2) is 9.65. The second-order valence-corrected chi connectivity index (χ2v) is 9.40. The van der Waals surface area contributed by atoms with Gasteiger partial charge in [-0.3, -0.25) is 4.79 Å². The molecule has 5 aromatic rings. The van der Waals surface area contributed by atoms with E-state index in [4.69, 9.17) is 10.7 Å². The van der Waals surface area contributed by atoms with Crippen LogP contribution in [0.2, 0.25) is 0 Å². The standard InChI is InChI=1S/C26H25N7OS/c1-33(2)15-16-6-5-8-18(12-16)28-14-21-19-9-4-3-7-17(19)13-22(29-21)31-26(34)25-30-20-10-11-35-23(20)24(27)32-25/h3-13,28H,14-15H2,1-2H3,(H2,27,30,32)(H,29,31,34). The van der Waals surface area contributed by atoms with E-state index in [1.165, 1.54) is 16.9 Å². The molecule has 2 aromatic carbocycles. The first kappa shape index (κ1) is 22.7. The third-order valence-electron chi connectivity index (χ3n) is 5.48. The summed E-state index contributed by atoms with van der Waals surface area (Å²) in [6.45, 7) is 1.36. The molecule has 9 heteroatoms. The summed E-state index contributed by atoms with van der Waals surface area (Å²) >= 11 is 1.45. The van der Waals surface area contributed by atoms with Gasteiger partial charge in [0.25, 0.3) is 5.91 Å². The number of nitrogens with two attached hydrogens (primary N) is 1. The molecule has 35 heavy (non-hydrogen) atoms. The summed E-state index contributed by atoms with van der Waals surface area (Å²) in [4.78, 5) is 28.3. The number of carbonyl (C=O) groups excluding carboxylic acids is 1. The van der Waals surface area contributed by atoms with Crippen LogP contribution in [0.1, 0.15) is 21.9 Å². The fraction of sp³-hybridized carbons (Fsp3) is 0.154. The SMILES string of the molecule is CN(C)Cc1cccc(NCc2nc(NC(=O)c3nc(N)c4sccc4n3)cc3ccccc23)c1. The summed E-state index contributed by atoms with van der Waals surface area (Å²) in [5, 5.41) is 10.2. The number of nitrogens with one attached hydrogen (secondary N) is 2. The summed E-state index contributed by atoms with van der Waals surface area (Å²) in [7, 11) is 4.10. The minimum absolute atomic E-state index is 0.0146.